The molecule has 0 unspecified atom stereocenters. The summed E-state index contributed by atoms with van der Waals surface area (Å²) in [5, 5.41) is 0. The summed E-state index contributed by atoms with van der Waals surface area (Å²) in [5.41, 5.74) is 4.85. The van der Waals surface area contributed by atoms with Crippen molar-refractivity contribution in [2.75, 3.05) is 7.11 Å². The monoisotopic (exact) mass is 344 g/mol. The average molecular weight is 344 g/mol. The molecule has 4 heteroatoms. The van der Waals surface area contributed by atoms with E-state index in [2.05, 4.69) is 0 Å². The molecular formula is C21H25FO3. The van der Waals surface area contributed by atoms with Crippen LogP contribution in [0.15, 0.2) is 30.3 Å². The summed E-state index contributed by atoms with van der Waals surface area (Å²) in [7, 11) is 1.37. The lowest BCUT2D eigenvalue weighted by Gasteiger charge is -2.16. The first-order valence-corrected chi connectivity index (χ1v) is 8.58. The van der Waals surface area contributed by atoms with Gasteiger partial charge < -0.3 is 9.47 Å². The third kappa shape index (κ3) is 4.59. The van der Waals surface area contributed by atoms with Gasteiger partial charge in [0.15, 0.2) is 11.6 Å². The van der Waals surface area contributed by atoms with Crippen molar-refractivity contribution in [1.82, 2.24) is 0 Å². The van der Waals surface area contributed by atoms with Crippen LogP contribution in [0.2, 0.25) is 0 Å². The normalized spacial score (nSPS) is 10.6. The maximum absolute atomic E-state index is 14.3. The average Bonchev–Trinajstić information content (AvgIpc) is 2.62. The molecule has 2 aromatic carbocycles. The molecule has 0 radical (unpaired) electrons. The number of hydrogen-bond donors (Lipinski definition) is 0. The summed E-state index contributed by atoms with van der Waals surface area (Å²) in [6.45, 7) is 6.21. The quantitative estimate of drug-likeness (QED) is 0.691. The van der Waals surface area contributed by atoms with Crippen LogP contribution in [0.4, 0.5) is 4.39 Å². The fourth-order valence-electron chi connectivity index (χ4n) is 2.94. The van der Waals surface area contributed by atoms with Crippen molar-refractivity contribution in [3.63, 3.8) is 0 Å². The first-order chi connectivity index (χ1) is 12.0. The summed E-state index contributed by atoms with van der Waals surface area (Å²) in [6.07, 6.45) is 1.77. The standard InChI is InChI=1S/C21H25FO3/c1-5-15-8-7-9-17(12-21(23)24-4)18(15)13-25-20-10-14(3)16(6-2)11-19(20)22/h7-11H,5-6,12-13H2,1-4H3. The van der Waals surface area contributed by atoms with E-state index in [4.69, 9.17) is 9.47 Å². The lowest BCUT2D eigenvalue weighted by molar-refractivity contribution is -0.139. The Morgan fingerprint density at radius 3 is 2.40 bits per heavy atom. The Morgan fingerprint density at radius 2 is 1.76 bits per heavy atom. The van der Waals surface area contributed by atoms with E-state index in [9.17, 15) is 9.18 Å². The Balaban J connectivity index is 2.28. The molecule has 134 valence electrons. The van der Waals surface area contributed by atoms with Crippen LogP contribution in [0.25, 0.3) is 0 Å². The smallest absolute Gasteiger partial charge is 0.309 e. The van der Waals surface area contributed by atoms with Gasteiger partial charge in [-0.3, -0.25) is 4.79 Å². The van der Waals surface area contributed by atoms with E-state index in [1.165, 1.54) is 13.2 Å². The van der Waals surface area contributed by atoms with Crippen LogP contribution < -0.4 is 4.74 Å². The van der Waals surface area contributed by atoms with Crippen molar-refractivity contribution in [3.05, 3.63) is 64.0 Å². The van der Waals surface area contributed by atoms with Gasteiger partial charge in [0.1, 0.15) is 6.61 Å². The van der Waals surface area contributed by atoms with E-state index >= 15 is 0 Å². The number of esters is 1. The highest BCUT2D eigenvalue weighted by Crippen LogP contribution is 2.25. The number of rotatable bonds is 7. The first-order valence-electron chi connectivity index (χ1n) is 8.58. The Bertz CT molecular complexity index is 753. The predicted octanol–water partition coefficient (Wildman–Crippen LogP) is 4.55. The van der Waals surface area contributed by atoms with Crippen LogP contribution in [-0.2, 0) is 35.4 Å². The summed E-state index contributed by atoms with van der Waals surface area (Å²) in [4.78, 5) is 11.7. The second-order valence-corrected chi connectivity index (χ2v) is 6.01. The van der Waals surface area contributed by atoms with Gasteiger partial charge in [-0.1, -0.05) is 32.0 Å². The highest BCUT2D eigenvalue weighted by Gasteiger charge is 2.14. The van der Waals surface area contributed by atoms with Gasteiger partial charge in [-0.05, 0) is 59.7 Å². The first kappa shape index (κ1) is 19.0. The second-order valence-electron chi connectivity index (χ2n) is 6.01. The SMILES string of the molecule is CCc1cc(F)c(OCc2c(CC)cccc2CC(=O)OC)cc1C. The minimum atomic E-state index is -0.356. The predicted molar refractivity (Wildman–Crippen MR) is 96.4 cm³/mol. The van der Waals surface area contributed by atoms with Crippen molar-refractivity contribution >= 4 is 5.97 Å². The van der Waals surface area contributed by atoms with Gasteiger partial charge in [0.2, 0.25) is 0 Å². The number of benzene rings is 2. The Morgan fingerprint density at radius 1 is 1.08 bits per heavy atom. The van der Waals surface area contributed by atoms with Crippen LogP contribution in [0.5, 0.6) is 5.75 Å². The third-order valence-corrected chi connectivity index (χ3v) is 4.46. The molecule has 2 aromatic rings. The van der Waals surface area contributed by atoms with Crippen molar-refractivity contribution in [3.8, 4) is 5.75 Å². The minimum absolute atomic E-state index is 0.180. The van der Waals surface area contributed by atoms with E-state index in [-0.39, 0.29) is 30.6 Å². The van der Waals surface area contributed by atoms with Crippen molar-refractivity contribution in [2.24, 2.45) is 0 Å². The summed E-state index contributed by atoms with van der Waals surface area (Å²) < 4.78 is 24.8. The zero-order valence-corrected chi connectivity index (χ0v) is 15.3. The van der Waals surface area contributed by atoms with Crippen LogP contribution >= 0.6 is 0 Å². The van der Waals surface area contributed by atoms with Crippen LogP contribution in [-0.4, -0.2) is 13.1 Å². The number of halogens is 1. The molecular weight excluding hydrogens is 319 g/mol. The number of aryl methyl sites for hydroxylation is 3. The zero-order chi connectivity index (χ0) is 18.4. The molecule has 0 saturated carbocycles. The zero-order valence-electron chi connectivity index (χ0n) is 15.3. The molecule has 0 aliphatic heterocycles. The van der Waals surface area contributed by atoms with E-state index < -0.39 is 0 Å². The third-order valence-electron chi connectivity index (χ3n) is 4.46. The van der Waals surface area contributed by atoms with Gasteiger partial charge in [0.05, 0.1) is 13.5 Å². The van der Waals surface area contributed by atoms with Crippen LogP contribution in [0.1, 0.15) is 41.7 Å². The maximum Gasteiger partial charge on any atom is 0.309 e. The molecule has 0 aliphatic rings. The number of methoxy groups -OCH3 is 1. The van der Waals surface area contributed by atoms with Crippen molar-refractivity contribution < 1.29 is 18.7 Å². The van der Waals surface area contributed by atoms with Gasteiger partial charge >= 0.3 is 5.97 Å². The molecule has 0 spiro atoms. The van der Waals surface area contributed by atoms with E-state index in [1.807, 2.05) is 39.0 Å². The van der Waals surface area contributed by atoms with Gasteiger partial charge in [0, 0.05) is 0 Å². The number of carbonyl (C=O) groups is 1. The summed E-state index contributed by atoms with van der Waals surface area (Å²) in [6, 6.07) is 9.08. The van der Waals surface area contributed by atoms with Crippen LogP contribution in [0, 0.1) is 12.7 Å². The van der Waals surface area contributed by atoms with Gasteiger partial charge in [-0.25, -0.2) is 4.39 Å². The van der Waals surface area contributed by atoms with Gasteiger partial charge in [-0.15, -0.1) is 0 Å². The Hall–Kier alpha value is -2.36. The fraction of sp³-hybridized carbons (Fsp3) is 0.381. The molecule has 0 amide bonds. The molecule has 0 fully saturated rings. The van der Waals surface area contributed by atoms with Crippen molar-refractivity contribution in [1.29, 1.82) is 0 Å². The molecule has 0 atom stereocenters. The number of hydrogen-bond acceptors (Lipinski definition) is 3. The minimum Gasteiger partial charge on any atom is -0.486 e. The largest absolute Gasteiger partial charge is 0.486 e. The fourth-order valence-corrected chi connectivity index (χ4v) is 2.94. The molecule has 0 aromatic heterocycles. The van der Waals surface area contributed by atoms with Gasteiger partial charge in [0.25, 0.3) is 0 Å². The highest BCUT2D eigenvalue weighted by atomic mass is 19.1. The molecule has 25 heavy (non-hydrogen) atoms. The second kappa shape index (κ2) is 8.65. The number of ether oxygens (including phenoxy) is 2. The number of carbonyl (C=O) groups excluding carboxylic acids is 1. The summed E-state index contributed by atoms with van der Waals surface area (Å²) in [5.74, 6) is -0.417. The molecule has 0 saturated heterocycles. The Kier molecular flexibility index (Phi) is 6.57. The van der Waals surface area contributed by atoms with Crippen LogP contribution in [0.3, 0.4) is 0 Å². The molecule has 0 aliphatic carbocycles. The summed E-state index contributed by atoms with van der Waals surface area (Å²) >= 11 is 0. The topological polar surface area (TPSA) is 35.5 Å². The Labute approximate surface area is 148 Å². The van der Waals surface area contributed by atoms with E-state index in [0.29, 0.717) is 0 Å². The van der Waals surface area contributed by atoms with Gasteiger partial charge in [-0.2, -0.15) is 0 Å². The van der Waals surface area contributed by atoms with E-state index in [0.717, 1.165) is 40.7 Å². The van der Waals surface area contributed by atoms with E-state index in [1.54, 1.807) is 6.07 Å². The molecule has 3 nitrogen and oxygen atoms in total. The molecule has 0 bridgehead atoms. The highest BCUT2D eigenvalue weighted by molar-refractivity contribution is 5.73. The molecule has 0 heterocycles. The molecule has 0 N–H and O–H groups in total. The molecule has 2 rings (SSSR count). The van der Waals surface area contributed by atoms with Crippen molar-refractivity contribution in [2.45, 2.75) is 46.6 Å². The lowest BCUT2D eigenvalue weighted by Crippen LogP contribution is -2.11. The maximum atomic E-state index is 14.3. The lowest BCUT2D eigenvalue weighted by atomic mass is 9.97.